The Morgan fingerprint density at radius 2 is 2.43 bits per heavy atom. The topological polar surface area (TPSA) is 52.6 Å². The molecule has 1 unspecified atom stereocenters. The first-order chi connectivity index (χ1) is 6.79. The highest BCUT2D eigenvalue weighted by Crippen LogP contribution is 2.17. The van der Waals surface area contributed by atoms with Crippen molar-refractivity contribution >= 4 is 5.91 Å². The number of hydrogen-bond acceptors (Lipinski definition) is 3. The fraction of sp³-hybridized carbons (Fsp3) is 0.900. The van der Waals surface area contributed by atoms with Gasteiger partial charge >= 0.3 is 0 Å². The number of nitrogens with one attached hydrogen (secondary N) is 1. The minimum absolute atomic E-state index is 0.0806. The number of carbonyl (C=O) groups is 1. The van der Waals surface area contributed by atoms with Gasteiger partial charge in [0.1, 0.15) is 0 Å². The molecule has 0 aromatic rings. The Morgan fingerprint density at radius 3 is 3.07 bits per heavy atom. The van der Waals surface area contributed by atoms with E-state index in [1.165, 1.54) is 0 Å². The second kappa shape index (κ2) is 5.98. The van der Waals surface area contributed by atoms with Crippen LogP contribution in [0.1, 0.15) is 25.7 Å². The highest BCUT2D eigenvalue weighted by molar-refractivity contribution is 5.76. The maximum Gasteiger partial charge on any atom is 0.222 e. The van der Waals surface area contributed by atoms with Crippen LogP contribution in [0.5, 0.6) is 0 Å². The third kappa shape index (κ3) is 2.96. The fourth-order valence-corrected chi connectivity index (χ4v) is 1.91. The molecule has 0 bridgehead atoms. The molecule has 0 saturated carbocycles. The number of nitrogens with zero attached hydrogens (tertiary/aromatic N) is 1. The van der Waals surface area contributed by atoms with Crippen LogP contribution < -0.4 is 5.32 Å². The van der Waals surface area contributed by atoms with Gasteiger partial charge in [-0.2, -0.15) is 0 Å². The number of rotatable bonds is 5. The summed E-state index contributed by atoms with van der Waals surface area (Å²) in [5, 5.41) is 12.1. The maximum absolute atomic E-state index is 11.7. The van der Waals surface area contributed by atoms with Gasteiger partial charge in [0, 0.05) is 13.0 Å². The molecule has 1 rings (SSSR count). The minimum atomic E-state index is 0.0806. The number of hydrogen-bond donors (Lipinski definition) is 2. The normalized spacial score (nSPS) is 21.6. The number of likely N-dealkylation sites (tertiary alicyclic amines) is 1. The molecule has 4 nitrogen and oxygen atoms in total. The number of aliphatic hydroxyl groups excluding tert-OH is 1. The van der Waals surface area contributed by atoms with Gasteiger partial charge in [-0.05, 0) is 32.9 Å². The van der Waals surface area contributed by atoms with Gasteiger partial charge in [-0.25, -0.2) is 0 Å². The van der Waals surface area contributed by atoms with Gasteiger partial charge in [0.05, 0.1) is 12.6 Å². The Labute approximate surface area is 85.3 Å². The van der Waals surface area contributed by atoms with E-state index in [9.17, 15) is 4.79 Å². The Hall–Kier alpha value is -0.610. The molecule has 0 aromatic heterocycles. The molecule has 1 atom stereocenters. The molecule has 1 aliphatic heterocycles. The summed E-state index contributed by atoms with van der Waals surface area (Å²) >= 11 is 0. The monoisotopic (exact) mass is 200 g/mol. The van der Waals surface area contributed by atoms with Crippen LogP contribution in [0.15, 0.2) is 0 Å². The summed E-state index contributed by atoms with van der Waals surface area (Å²) < 4.78 is 0. The summed E-state index contributed by atoms with van der Waals surface area (Å²) in [5.74, 6) is 0.191. The van der Waals surface area contributed by atoms with Crippen molar-refractivity contribution in [3.05, 3.63) is 0 Å². The number of amides is 1. The van der Waals surface area contributed by atoms with Crippen molar-refractivity contribution < 1.29 is 9.90 Å². The first kappa shape index (κ1) is 11.5. The fourth-order valence-electron chi connectivity index (χ4n) is 1.91. The molecule has 82 valence electrons. The lowest BCUT2D eigenvalue weighted by atomic mass is 10.2. The van der Waals surface area contributed by atoms with Crippen LogP contribution in [0.2, 0.25) is 0 Å². The van der Waals surface area contributed by atoms with Gasteiger partial charge in [-0.3, -0.25) is 4.79 Å². The summed E-state index contributed by atoms with van der Waals surface area (Å²) in [6.45, 7) is 1.81. The molecule has 0 radical (unpaired) electrons. The van der Waals surface area contributed by atoms with Gasteiger partial charge in [0.2, 0.25) is 5.91 Å². The van der Waals surface area contributed by atoms with Gasteiger partial charge < -0.3 is 15.3 Å². The SMILES string of the molecule is CNCCCC(=O)N1CCCC1CO. The zero-order valence-corrected chi connectivity index (χ0v) is 8.83. The number of aliphatic hydroxyl groups is 1. The third-order valence-electron chi connectivity index (χ3n) is 2.73. The van der Waals surface area contributed by atoms with Crippen molar-refractivity contribution in [1.29, 1.82) is 0 Å². The van der Waals surface area contributed by atoms with Gasteiger partial charge in [-0.1, -0.05) is 0 Å². The van der Waals surface area contributed by atoms with Crippen LogP contribution in [-0.4, -0.2) is 48.7 Å². The molecule has 1 heterocycles. The average molecular weight is 200 g/mol. The van der Waals surface area contributed by atoms with E-state index >= 15 is 0 Å². The van der Waals surface area contributed by atoms with Gasteiger partial charge in [0.15, 0.2) is 0 Å². The summed E-state index contributed by atoms with van der Waals surface area (Å²) in [6.07, 6.45) is 3.46. The minimum Gasteiger partial charge on any atom is -0.394 e. The summed E-state index contributed by atoms with van der Waals surface area (Å²) in [7, 11) is 1.89. The molecule has 1 fully saturated rings. The van der Waals surface area contributed by atoms with Gasteiger partial charge in [-0.15, -0.1) is 0 Å². The molecule has 0 aliphatic carbocycles. The summed E-state index contributed by atoms with van der Waals surface area (Å²) in [4.78, 5) is 13.5. The largest absolute Gasteiger partial charge is 0.394 e. The second-order valence-corrected chi connectivity index (χ2v) is 3.77. The molecule has 2 N–H and O–H groups in total. The molecule has 14 heavy (non-hydrogen) atoms. The molecule has 1 saturated heterocycles. The smallest absolute Gasteiger partial charge is 0.222 e. The van der Waals surface area contributed by atoms with E-state index in [1.54, 1.807) is 0 Å². The van der Waals surface area contributed by atoms with Crippen molar-refractivity contribution in [2.24, 2.45) is 0 Å². The standard InChI is InChI=1S/C10H20N2O2/c1-11-6-2-5-10(14)12-7-3-4-9(12)8-13/h9,11,13H,2-8H2,1H3. The van der Waals surface area contributed by atoms with Crippen molar-refractivity contribution in [2.75, 3.05) is 26.7 Å². The summed E-state index contributed by atoms with van der Waals surface area (Å²) in [5.41, 5.74) is 0. The van der Waals surface area contributed by atoms with Crippen LogP contribution in [0.25, 0.3) is 0 Å². The van der Waals surface area contributed by atoms with Crippen LogP contribution in [-0.2, 0) is 4.79 Å². The number of carbonyl (C=O) groups excluding carboxylic acids is 1. The molecular formula is C10H20N2O2. The molecule has 1 aliphatic rings. The highest BCUT2D eigenvalue weighted by Gasteiger charge is 2.27. The van der Waals surface area contributed by atoms with E-state index in [0.29, 0.717) is 6.42 Å². The van der Waals surface area contributed by atoms with Crippen molar-refractivity contribution in [1.82, 2.24) is 10.2 Å². The van der Waals surface area contributed by atoms with E-state index in [1.807, 2.05) is 11.9 Å². The van der Waals surface area contributed by atoms with Crippen molar-refractivity contribution in [2.45, 2.75) is 31.7 Å². The Bertz CT molecular complexity index is 185. The predicted molar refractivity (Wildman–Crippen MR) is 55.0 cm³/mol. The quantitative estimate of drug-likeness (QED) is 0.613. The summed E-state index contributed by atoms with van der Waals surface area (Å²) in [6, 6.07) is 0.0806. The van der Waals surface area contributed by atoms with Crippen LogP contribution in [0.4, 0.5) is 0 Å². The molecule has 0 spiro atoms. The van der Waals surface area contributed by atoms with E-state index < -0.39 is 0 Å². The lowest BCUT2D eigenvalue weighted by Crippen LogP contribution is -2.37. The zero-order chi connectivity index (χ0) is 10.4. The predicted octanol–water partition coefficient (Wildman–Crippen LogP) is -0.0307. The van der Waals surface area contributed by atoms with E-state index in [0.717, 1.165) is 32.4 Å². The first-order valence-corrected chi connectivity index (χ1v) is 5.34. The molecule has 1 amide bonds. The Balaban J connectivity index is 2.28. The Morgan fingerprint density at radius 1 is 1.64 bits per heavy atom. The van der Waals surface area contributed by atoms with Gasteiger partial charge in [0.25, 0.3) is 0 Å². The van der Waals surface area contributed by atoms with Crippen LogP contribution in [0.3, 0.4) is 0 Å². The van der Waals surface area contributed by atoms with Crippen molar-refractivity contribution in [3.8, 4) is 0 Å². The lowest BCUT2D eigenvalue weighted by molar-refractivity contribution is -0.132. The molecule has 4 heteroatoms. The maximum atomic E-state index is 11.7. The first-order valence-electron chi connectivity index (χ1n) is 5.34. The highest BCUT2D eigenvalue weighted by atomic mass is 16.3. The molecule has 0 aromatic carbocycles. The van der Waals surface area contributed by atoms with E-state index in [2.05, 4.69) is 5.32 Å². The van der Waals surface area contributed by atoms with E-state index in [4.69, 9.17) is 5.11 Å². The Kier molecular flexibility index (Phi) is 4.90. The van der Waals surface area contributed by atoms with Crippen LogP contribution in [0, 0.1) is 0 Å². The zero-order valence-electron chi connectivity index (χ0n) is 8.83. The lowest BCUT2D eigenvalue weighted by Gasteiger charge is -2.22. The molecular weight excluding hydrogens is 180 g/mol. The second-order valence-electron chi connectivity index (χ2n) is 3.77. The average Bonchev–Trinajstić information content (AvgIpc) is 2.65. The van der Waals surface area contributed by atoms with Crippen LogP contribution >= 0.6 is 0 Å². The van der Waals surface area contributed by atoms with Crippen molar-refractivity contribution in [3.63, 3.8) is 0 Å². The third-order valence-corrected chi connectivity index (χ3v) is 2.73. The van der Waals surface area contributed by atoms with E-state index in [-0.39, 0.29) is 18.6 Å².